The van der Waals surface area contributed by atoms with E-state index in [9.17, 15) is 9.59 Å². The van der Waals surface area contributed by atoms with E-state index in [1.54, 1.807) is 32.4 Å². The van der Waals surface area contributed by atoms with Crippen molar-refractivity contribution >= 4 is 35.0 Å². The second kappa shape index (κ2) is 11.4. The molecule has 2 amide bonds. The Morgan fingerprint density at radius 1 is 1.07 bits per heavy atom. The van der Waals surface area contributed by atoms with Crippen molar-refractivity contribution < 1.29 is 19.1 Å². The molecular formula is C22H28N2O4S. The van der Waals surface area contributed by atoms with E-state index in [1.807, 2.05) is 31.2 Å². The number of ether oxygens (including phenoxy) is 2. The Morgan fingerprint density at radius 2 is 1.86 bits per heavy atom. The van der Waals surface area contributed by atoms with Crippen molar-refractivity contribution in [1.29, 1.82) is 0 Å². The molecule has 7 heteroatoms. The highest BCUT2D eigenvalue weighted by Gasteiger charge is 2.17. The molecular weight excluding hydrogens is 388 g/mol. The average molecular weight is 417 g/mol. The molecule has 0 radical (unpaired) electrons. The summed E-state index contributed by atoms with van der Waals surface area (Å²) in [5.74, 6) is 1.05. The molecule has 0 saturated carbocycles. The van der Waals surface area contributed by atoms with Crippen molar-refractivity contribution in [2.75, 3.05) is 24.9 Å². The van der Waals surface area contributed by atoms with Gasteiger partial charge in [0.2, 0.25) is 11.8 Å². The molecule has 1 unspecified atom stereocenters. The molecule has 0 aliphatic heterocycles. The number of hydrogen-bond acceptors (Lipinski definition) is 5. The Balaban J connectivity index is 1.99. The molecule has 2 aromatic carbocycles. The minimum atomic E-state index is -0.340. The minimum Gasteiger partial charge on any atom is -0.497 e. The topological polar surface area (TPSA) is 76.7 Å². The summed E-state index contributed by atoms with van der Waals surface area (Å²) in [7, 11) is 3.12. The fourth-order valence-electron chi connectivity index (χ4n) is 2.60. The number of unbranched alkanes of at least 4 members (excludes halogenated alkanes) is 1. The Morgan fingerprint density at radius 3 is 2.55 bits per heavy atom. The molecule has 0 aliphatic carbocycles. The van der Waals surface area contributed by atoms with E-state index in [-0.39, 0.29) is 17.1 Å². The van der Waals surface area contributed by atoms with Gasteiger partial charge in [0.15, 0.2) is 0 Å². The summed E-state index contributed by atoms with van der Waals surface area (Å²) in [5.41, 5.74) is 1.32. The van der Waals surface area contributed by atoms with Crippen LogP contribution in [0.1, 0.15) is 33.1 Å². The van der Waals surface area contributed by atoms with Gasteiger partial charge in [-0.05, 0) is 43.7 Å². The SMILES string of the molecule is CCCCC(=O)Nc1cccc(SC(C)C(=O)Nc2ccc(OC)cc2OC)c1. The normalized spacial score (nSPS) is 11.4. The first kappa shape index (κ1) is 22.6. The molecule has 0 aromatic heterocycles. The summed E-state index contributed by atoms with van der Waals surface area (Å²) >= 11 is 1.42. The second-order valence-electron chi connectivity index (χ2n) is 6.50. The van der Waals surface area contributed by atoms with E-state index in [0.29, 0.717) is 23.6 Å². The van der Waals surface area contributed by atoms with Crippen molar-refractivity contribution in [2.45, 2.75) is 43.3 Å². The molecule has 2 rings (SSSR count). The van der Waals surface area contributed by atoms with Gasteiger partial charge in [0, 0.05) is 23.1 Å². The van der Waals surface area contributed by atoms with Crippen LogP contribution in [-0.2, 0) is 9.59 Å². The summed E-state index contributed by atoms with van der Waals surface area (Å²) in [6, 6.07) is 12.8. The van der Waals surface area contributed by atoms with Crippen molar-refractivity contribution in [2.24, 2.45) is 0 Å². The maximum absolute atomic E-state index is 12.6. The molecule has 0 saturated heterocycles. The summed E-state index contributed by atoms with van der Waals surface area (Å²) < 4.78 is 10.5. The lowest BCUT2D eigenvalue weighted by Crippen LogP contribution is -2.22. The zero-order valence-electron chi connectivity index (χ0n) is 17.3. The van der Waals surface area contributed by atoms with Gasteiger partial charge in [0.25, 0.3) is 0 Å². The number of thioether (sulfide) groups is 1. The highest BCUT2D eigenvalue weighted by molar-refractivity contribution is 8.00. The summed E-state index contributed by atoms with van der Waals surface area (Å²) in [4.78, 5) is 25.5. The van der Waals surface area contributed by atoms with Gasteiger partial charge >= 0.3 is 0 Å². The number of nitrogens with one attached hydrogen (secondary N) is 2. The molecule has 0 heterocycles. The molecule has 2 aromatic rings. The molecule has 0 bridgehead atoms. The van der Waals surface area contributed by atoms with Gasteiger partial charge in [-0.15, -0.1) is 11.8 Å². The molecule has 6 nitrogen and oxygen atoms in total. The van der Waals surface area contributed by atoms with E-state index < -0.39 is 0 Å². The first-order chi connectivity index (χ1) is 14.0. The van der Waals surface area contributed by atoms with Crippen LogP contribution in [0.4, 0.5) is 11.4 Å². The fraction of sp³-hybridized carbons (Fsp3) is 0.364. The molecule has 2 N–H and O–H groups in total. The van der Waals surface area contributed by atoms with Gasteiger partial charge in [0.1, 0.15) is 11.5 Å². The number of benzene rings is 2. The summed E-state index contributed by atoms with van der Waals surface area (Å²) in [5, 5.41) is 5.46. The van der Waals surface area contributed by atoms with Gasteiger partial charge < -0.3 is 20.1 Å². The number of carbonyl (C=O) groups excluding carboxylic acids is 2. The van der Waals surface area contributed by atoms with Crippen LogP contribution in [0, 0.1) is 0 Å². The third kappa shape index (κ3) is 7.02. The van der Waals surface area contributed by atoms with Crippen LogP contribution in [0.3, 0.4) is 0 Å². The highest BCUT2D eigenvalue weighted by atomic mass is 32.2. The van der Waals surface area contributed by atoms with Crippen LogP contribution in [0.2, 0.25) is 0 Å². The molecule has 29 heavy (non-hydrogen) atoms. The number of hydrogen-bond donors (Lipinski definition) is 2. The van der Waals surface area contributed by atoms with Crippen LogP contribution in [0.25, 0.3) is 0 Å². The van der Waals surface area contributed by atoms with Crippen LogP contribution in [-0.4, -0.2) is 31.3 Å². The van der Waals surface area contributed by atoms with Gasteiger partial charge in [-0.2, -0.15) is 0 Å². The predicted octanol–water partition coefficient (Wildman–Crippen LogP) is 4.95. The zero-order valence-corrected chi connectivity index (χ0v) is 18.1. The highest BCUT2D eigenvalue weighted by Crippen LogP contribution is 2.31. The maximum atomic E-state index is 12.6. The average Bonchev–Trinajstić information content (AvgIpc) is 2.72. The largest absolute Gasteiger partial charge is 0.497 e. The van der Waals surface area contributed by atoms with Gasteiger partial charge in [0.05, 0.1) is 25.2 Å². The van der Waals surface area contributed by atoms with Gasteiger partial charge in [-0.1, -0.05) is 19.4 Å². The quantitative estimate of drug-likeness (QED) is 0.536. The van der Waals surface area contributed by atoms with Crippen molar-refractivity contribution in [1.82, 2.24) is 0 Å². The third-order valence-corrected chi connectivity index (χ3v) is 5.32. The Bertz CT molecular complexity index is 841. The Kier molecular flexibility index (Phi) is 8.86. The van der Waals surface area contributed by atoms with E-state index in [4.69, 9.17) is 9.47 Å². The first-order valence-corrected chi connectivity index (χ1v) is 10.4. The predicted molar refractivity (Wildman–Crippen MR) is 118 cm³/mol. The van der Waals surface area contributed by atoms with Crippen LogP contribution in [0.15, 0.2) is 47.4 Å². The lowest BCUT2D eigenvalue weighted by molar-refractivity contribution is -0.116. The molecule has 0 fully saturated rings. The monoisotopic (exact) mass is 416 g/mol. The fourth-order valence-corrected chi connectivity index (χ4v) is 3.53. The molecule has 156 valence electrons. The van der Waals surface area contributed by atoms with Gasteiger partial charge in [-0.3, -0.25) is 9.59 Å². The van der Waals surface area contributed by atoms with Crippen molar-refractivity contribution in [3.63, 3.8) is 0 Å². The zero-order chi connectivity index (χ0) is 21.2. The van der Waals surface area contributed by atoms with E-state index >= 15 is 0 Å². The summed E-state index contributed by atoms with van der Waals surface area (Å²) in [6.07, 6.45) is 2.36. The lowest BCUT2D eigenvalue weighted by atomic mass is 10.2. The number of rotatable bonds is 10. The van der Waals surface area contributed by atoms with Crippen molar-refractivity contribution in [3.8, 4) is 11.5 Å². The molecule has 0 aliphatic rings. The summed E-state index contributed by atoms with van der Waals surface area (Å²) in [6.45, 7) is 3.89. The second-order valence-corrected chi connectivity index (χ2v) is 7.91. The Labute approximate surface area is 176 Å². The molecule has 0 spiro atoms. The number of amides is 2. The van der Waals surface area contributed by atoms with Crippen LogP contribution < -0.4 is 20.1 Å². The van der Waals surface area contributed by atoms with Crippen molar-refractivity contribution in [3.05, 3.63) is 42.5 Å². The van der Waals surface area contributed by atoms with E-state index in [0.717, 1.165) is 23.4 Å². The third-order valence-electron chi connectivity index (χ3n) is 4.22. The maximum Gasteiger partial charge on any atom is 0.237 e. The minimum absolute atomic E-state index is 0.00592. The number of methoxy groups -OCH3 is 2. The van der Waals surface area contributed by atoms with E-state index in [1.165, 1.54) is 11.8 Å². The first-order valence-electron chi connectivity index (χ1n) is 9.56. The smallest absolute Gasteiger partial charge is 0.237 e. The molecule has 1 atom stereocenters. The Hall–Kier alpha value is -2.67. The lowest BCUT2D eigenvalue weighted by Gasteiger charge is -2.15. The van der Waals surface area contributed by atoms with E-state index in [2.05, 4.69) is 17.6 Å². The van der Waals surface area contributed by atoms with Gasteiger partial charge in [-0.25, -0.2) is 0 Å². The number of carbonyl (C=O) groups is 2. The number of anilines is 2. The van der Waals surface area contributed by atoms with Crippen LogP contribution >= 0.6 is 11.8 Å². The standard InChI is InChI=1S/C22H28N2O4S/c1-5-6-10-21(25)23-16-8-7-9-18(13-16)29-15(2)22(26)24-19-12-11-17(27-3)14-20(19)28-4/h7-9,11-15H,5-6,10H2,1-4H3,(H,23,25)(H,24,26). The van der Waals surface area contributed by atoms with Crippen LogP contribution in [0.5, 0.6) is 11.5 Å².